The first-order valence-electron chi connectivity index (χ1n) is 12.7. The number of hydrogen-bond acceptors (Lipinski definition) is 5. The fraction of sp³-hybridized carbons (Fsp3) is 0.310. The number of carbonyl (C=O) groups excluding carboxylic acids is 2. The molecule has 0 spiro atoms. The van der Waals surface area contributed by atoms with Gasteiger partial charge in [0.2, 0.25) is 11.8 Å². The molecule has 0 bridgehead atoms. The van der Waals surface area contributed by atoms with Gasteiger partial charge in [0, 0.05) is 22.6 Å². The highest BCUT2D eigenvalue weighted by atomic mass is 35.5. The van der Waals surface area contributed by atoms with Gasteiger partial charge >= 0.3 is 0 Å². The lowest BCUT2D eigenvalue weighted by Gasteiger charge is -2.33. The number of amides is 2. The van der Waals surface area contributed by atoms with Gasteiger partial charge in [0.1, 0.15) is 18.3 Å². The molecule has 3 rings (SSSR count). The van der Waals surface area contributed by atoms with E-state index in [-0.39, 0.29) is 39.8 Å². The molecular weight excluding hydrogens is 573 g/mol. The molecule has 0 heterocycles. The van der Waals surface area contributed by atoms with E-state index in [0.29, 0.717) is 17.0 Å². The van der Waals surface area contributed by atoms with Crippen LogP contribution in [-0.2, 0) is 26.2 Å². The summed E-state index contributed by atoms with van der Waals surface area (Å²) in [5.41, 5.74) is 0.695. The van der Waals surface area contributed by atoms with Crippen molar-refractivity contribution < 1.29 is 22.7 Å². The van der Waals surface area contributed by atoms with Crippen molar-refractivity contribution in [2.24, 2.45) is 0 Å². The average Bonchev–Trinajstić information content (AvgIpc) is 2.95. The number of nitrogens with zero attached hydrogens (tertiary/aromatic N) is 2. The Hall–Kier alpha value is -3.27. The van der Waals surface area contributed by atoms with Gasteiger partial charge in [-0.2, -0.15) is 0 Å². The van der Waals surface area contributed by atoms with Crippen molar-refractivity contribution in [3.63, 3.8) is 0 Å². The van der Waals surface area contributed by atoms with Crippen molar-refractivity contribution in [3.05, 3.63) is 88.4 Å². The summed E-state index contributed by atoms with van der Waals surface area (Å²) in [6.07, 6.45) is 0.703. The SMILES string of the molecule is CC[C@H](C)NC(=O)[C@@H](C)N(Cc1ccccc1Cl)C(=O)CN(c1cc(Cl)ccc1OC)S(=O)(=O)c1ccccc1. The van der Waals surface area contributed by atoms with Crippen LogP contribution in [0.3, 0.4) is 0 Å². The van der Waals surface area contributed by atoms with Crippen LogP contribution in [0.4, 0.5) is 5.69 Å². The summed E-state index contributed by atoms with van der Waals surface area (Å²) >= 11 is 12.7. The van der Waals surface area contributed by atoms with Crippen LogP contribution < -0.4 is 14.4 Å². The monoisotopic (exact) mass is 605 g/mol. The second-order valence-corrected chi connectivity index (χ2v) is 12.0. The lowest BCUT2D eigenvalue weighted by atomic mass is 10.1. The first-order chi connectivity index (χ1) is 19.0. The molecule has 0 saturated carbocycles. The van der Waals surface area contributed by atoms with Gasteiger partial charge in [-0.15, -0.1) is 0 Å². The fourth-order valence-electron chi connectivity index (χ4n) is 3.95. The molecule has 1 N–H and O–H groups in total. The van der Waals surface area contributed by atoms with Crippen LogP contribution in [0.5, 0.6) is 5.75 Å². The van der Waals surface area contributed by atoms with Crippen LogP contribution in [0, 0.1) is 0 Å². The molecule has 2 amide bonds. The van der Waals surface area contributed by atoms with Gasteiger partial charge in [-0.05, 0) is 62.2 Å². The minimum Gasteiger partial charge on any atom is -0.495 e. The van der Waals surface area contributed by atoms with Crippen LogP contribution in [0.1, 0.15) is 32.8 Å². The van der Waals surface area contributed by atoms with Gasteiger partial charge in [-0.1, -0.05) is 66.5 Å². The third-order valence-electron chi connectivity index (χ3n) is 6.49. The molecule has 3 aromatic carbocycles. The molecule has 2 atom stereocenters. The molecule has 8 nitrogen and oxygen atoms in total. The molecule has 0 aromatic heterocycles. The van der Waals surface area contributed by atoms with E-state index >= 15 is 0 Å². The molecule has 0 radical (unpaired) electrons. The van der Waals surface area contributed by atoms with E-state index in [0.717, 1.165) is 4.31 Å². The Bertz CT molecular complexity index is 1440. The first kappa shape index (κ1) is 31.3. The summed E-state index contributed by atoms with van der Waals surface area (Å²) in [5.74, 6) is -0.780. The number of hydrogen-bond donors (Lipinski definition) is 1. The lowest BCUT2D eigenvalue weighted by molar-refractivity contribution is -0.139. The van der Waals surface area contributed by atoms with Crippen molar-refractivity contribution in [2.45, 2.75) is 50.7 Å². The topological polar surface area (TPSA) is 96.0 Å². The van der Waals surface area contributed by atoms with E-state index in [2.05, 4.69) is 5.32 Å². The van der Waals surface area contributed by atoms with Gasteiger partial charge in [-0.3, -0.25) is 13.9 Å². The minimum atomic E-state index is -4.26. The van der Waals surface area contributed by atoms with Crippen LogP contribution in [0.15, 0.2) is 77.7 Å². The number of sulfonamides is 1. The van der Waals surface area contributed by atoms with E-state index < -0.39 is 28.5 Å². The van der Waals surface area contributed by atoms with Gasteiger partial charge in [0.15, 0.2) is 0 Å². The number of benzene rings is 3. The number of nitrogens with one attached hydrogen (secondary N) is 1. The zero-order valence-corrected chi connectivity index (χ0v) is 25.1. The number of methoxy groups -OCH3 is 1. The average molecular weight is 607 g/mol. The molecular formula is C29H33Cl2N3O5S. The Morgan fingerprint density at radius 2 is 1.62 bits per heavy atom. The summed E-state index contributed by atoms with van der Waals surface area (Å²) in [5, 5.41) is 3.57. The lowest BCUT2D eigenvalue weighted by Crippen LogP contribution is -2.52. The minimum absolute atomic E-state index is 0.0144. The Kier molecular flexibility index (Phi) is 10.8. The smallest absolute Gasteiger partial charge is 0.264 e. The molecule has 0 aliphatic heterocycles. The van der Waals surface area contributed by atoms with E-state index in [1.807, 2.05) is 13.8 Å². The molecule has 0 unspecified atom stereocenters. The van der Waals surface area contributed by atoms with Crippen LogP contribution in [0.25, 0.3) is 0 Å². The molecule has 0 fully saturated rings. The Morgan fingerprint density at radius 3 is 2.25 bits per heavy atom. The van der Waals surface area contributed by atoms with E-state index in [4.69, 9.17) is 27.9 Å². The van der Waals surface area contributed by atoms with Crippen molar-refractivity contribution in [2.75, 3.05) is 18.0 Å². The van der Waals surface area contributed by atoms with Gasteiger partial charge in [-0.25, -0.2) is 8.42 Å². The van der Waals surface area contributed by atoms with Crippen molar-refractivity contribution in [1.29, 1.82) is 0 Å². The summed E-state index contributed by atoms with van der Waals surface area (Å²) < 4.78 is 34.2. The zero-order valence-electron chi connectivity index (χ0n) is 22.8. The van der Waals surface area contributed by atoms with E-state index in [9.17, 15) is 18.0 Å². The number of ether oxygens (including phenoxy) is 1. The quantitative estimate of drug-likeness (QED) is 0.293. The maximum absolute atomic E-state index is 14.0. The highest BCUT2D eigenvalue weighted by Crippen LogP contribution is 2.35. The fourth-order valence-corrected chi connectivity index (χ4v) is 5.75. The van der Waals surface area contributed by atoms with Gasteiger partial charge in [0.05, 0.1) is 17.7 Å². The van der Waals surface area contributed by atoms with Gasteiger partial charge in [0.25, 0.3) is 10.0 Å². The highest BCUT2D eigenvalue weighted by molar-refractivity contribution is 7.92. The van der Waals surface area contributed by atoms with E-state index in [1.165, 1.54) is 36.3 Å². The zero-order chi connectivity index (χ0) is 29.4. The second kappa shape index (κ2) is 13.9. The predicted octanol–water partition coefficient (Wildman–Crippen LogP) is 5.53. The molecule has 3 aromatic rings. The highest BCUT2D eigenvalue weighted by Gasteiger charge is 2.34. The van der Waals surface area contributed by atoms with Crippen molar-refractivity contribution in [3.8, 4) is 5.75 Å². The summed E-state index contributed by atoms with van der Waals surface area (Å²) in [7, 11) is -2.87. The molecule has 214 valence electrons. The molecule has 11 heteroatoms. The maximum atomic E-state index is 14.0. The third kappa shape index (κ3) is 7.47. The first-order valence-corrected chi connectivity index (χ1v) is 14.9. The standard InChI is InChI=1S/C29H33Cl2N3O5S/c1-5-20(2)32-29(36)21(3)33(18-22-11-9-10-14-25(22)31)28(35)19-34(26-17-23(30)15-16-27(26)39-4)40(37,38)24-12-7-6-8-13-24/h6-17,20-21H,5,18-19H2,1-4H3,(H,32,36)/t20-,21+/m0/s1. The number of rotatable bonds is 12. The number of carbonyl (C=O) groups is 2. The Labute approximate surface area is 245 Å². The van der Waals surface area contributed by atoms with E-state index in [1.54, 1.807) is 55.5 Å². The normalized spacial score (nSPS) is 12.8. The summed E-state index contributed by atoms with van der Waals surface area (Å²) in [6, 6.07) is 18.2. The van der Waals surface area contributed by atoms with Crippen LogP contribution in [-0.4, -0.2) is 50.9 Å². The molecule has 40 heavy (non-hydrogen) atoms. The summed E-state index contributed by atoms with van der Waals surface area (Å²) in [4.78, 5) is 28.5. The second-order valence-electron chi connectivity index (χ2n) is 9.25. The molecule has 0 aliphatic rings. The Morgan fingerprint density at radius 1 is 0.975 bits per heavy atom. The number of anilines is 1. The van der Waals surface area contributed by atoms with Crippen molar-refractivity contribution >= 4 is 50.7 Å². The summed E-state index contributed by atoms with van der Waals surface area (Å²) in [6.45, 7) is 4.76. The third-order valence-corrected chi connectivity index (χ3v) is 8.86. The van der Waals surface area contributed by atoms with Crippen molar-refractivity contribution in [1.82, 2.24) is 10.2 Å². The predicted molar refractivity (Wildman–Crippen MR) is 158 cm³/mol. The number of halogens is 2. The van der Waals surface area contributed by atoms with Crippen LogP contribution >= 0.6 is 23.2 Å². The maximum Gasteiger partial charge on any atom is 0.264 e. The Balaban J connectivity index is 2.09. The van der Waals surface area contributed by atoms with Gasteiger partial charge < -0.3 is 15.0 Å². The van der Waals surface area contributed by atoms with Crippen LogP contribution in [0.2, 0.25) is 10.0 Å². The molecule has 0 saturated heterocycles. The largest absolute Gasteiger partial charge is 0.495 e. The molecule has 0 aliphatic carbocycles.